The van der Waals surface area contributed by atoms with Crippen LogP contribution in [0.4, 0.5) is 5.69 Å². The number of benzene rings is 1. The second-order valence-corrected chi connectivity index (χ2v) is 4.18. The first-order chi connectivity index (χ1) is 8.22. The Morgan fingerprint density at radius 2 is 2.12 bits per heavy atom. The molecular formula is C14H20N2O. The van der Waals surface area contributed by atoms with E-state index in [2.05, 4.69) is 17.9 Å². The van der Waals surface area contributed by atoms with Gasteiger partial charge in [-0.3, -0.25) is 0 Å². The third-order valence-electron chi connectivity index (χ3n) is 2.82. The lowest BCUT2D eigenvalue weighted by Crippen LogP contribution is -2.28. The summed E-state index contributed by atoms with van der Waals surface area (Å²) < 4.78 is 0. The van der Waals surface area contributed by atoms with Gasteiger partial charge in [-0.25, -0.2) is 0 Å². The smallest absolute Gasteiger partial charge is 0.0991 e. The fraction of sp³-hybridized carbons (Fsp3) is 0.500. The van der Waals surface area contributed by atoms with Gasteiger partial charge in [0.2, 0.25) is 0 Å². The van der Waals surface area contributed by atoms with Gasteiger partial charge in [-0.2, -0.15) is 5.26 Å². The Morgan fingerprint density at radius 1 is 1.35 bits per heavy atom. The predicted octanol–water partition coefficient (Wildman–Crippen LogP) is 2.47. The largest absolute Gasteiger partial charge is 0.395 e. The van der Waals surface area contributed by atoms with Crippen LogP contribution >= 0.6 is 0 Å². The van der Waals surface area contributed by atoms with Crippen molar-refractivity contribution in [2.24, 2.45) is 0 Å². The summed E-state index contributed by atoms with van der Waals surface area (Å²) in [6, 6.07) is 7.84. The minimum absolute atomic E-state index is 0.156. The first kappa shape index (κ1) is 13.5. The monoisotopic (exact) mass is 232 g/mol. The number of unbranched alkanes of at least 4 members (excludes halogenated alkanes) is 1. The normalized spacial score (nSPS) is 10.0. The molecule has 0 atom stereocenters. The van der Waals surface area contributed by atoms with Gasteiger partial charge in [0, 0.05) is 18.8 Å². The number of aryl methyl sites for hydroxylation is 1. The van der Waals surface area contributed by atoms with Gasteiger partial charge in [0.05, 0.1) is 18.2 Å². The molecule has 0 bridgehead atoms. The van der Waals surface area contributed by atoms with Gasteiger partial charge in [-0.05, 0) is 37.1 Å². The van der Waals surface area contributed by atoms with Gasteiger partial charge in [0.15, 0.2) is 0 Å². The lowest BCUT2D eigenvalue weighted by molar-refractivity contribution is 0.301. The van der Waals surface area contributed by atoms with Crippen LogP contribution in [0.15, 0.2) is 18.2 Å². The number of nitrogens with zero attached hydrogens (tertiary/aromatic N) is 2. The number of aliphatic hydroxyl groups excluding tert-OH is 1. The van der Waals surface area contributed by atoms with Crippen molar-refractivity contribution in [1.82, 2.24) is 0 Å². The van der Waals surface area contributed by atoms with Gasteiger partial charge in [0.25, 0.3) is 0 Å². The Labute approximate surface area is 103 Å². The van der Waals surface area contributed by atoms with Crippen LogP contribution in [0.3, 0.4) is 0 Å². The van der Waals surface area contributed by atoms with E-state index in [1.165, 1.54) is 0 Å². The molecule has 0 aliphatic heterocycles. The molecule has 0 amide bonds. The van der Waals surface area contributed by atoms with Crippen LogP contribution in [0.25, 0.3) is 0 Å². The molecule has 92 valence electrons. The van der Waals surface area contributed by atoms with Crippen LogP contribution in [-0.2, 0) is 0 Å². The molecule has 3 nitrogen and oxygen atoms in total. The summed E-state index contributed by atoms with van der Waals surface area (Å²) in [6.45, 7) is 5.91. The number of hydrogen-bond donors (Lipinski definition) is 1. The summed E-state index contributed by atoms with van der Waals surface area (Å²) in [5, 5.41) is 17.9. The van der Waals surface area contributed by atoms with Crippen LogP contribution < -0.4 is 4.90 Å². The van der Waals surface area contributed by atoms with E-state index in [1.807, 2.05) is 25.1 Å². The topological polar surface area (TPSA) is 47.3 Å². The molecule has 1 N–H and O–H groups in total. The molecule has 0 saturated carbocycles. The quantitative estimate of drug-likeness (QED) is 0.819. The van der Waals surface area contributed by atoms with Gasteiger partial charge in [-0.1, -0.05) is 13.3 Å². The number of anilines is 1. The van der Waals surface area contributed by atoms with Gasteiger partial charge in [0.1, 0.15) is 0 Å². The summed E-state index contributed by atoms with van der Waals surface area (Å²) in [5.41, 5.74) is 2.89. The van der Waals surface area contributed by atoms with Crippen molar-refractivity contribution in [3.05, 3.63) is 29.3 Å². The van der Waals surface area contributed by atoms with Crippen LogP contribution in [0.2, 0.25) is 0 Å². The summed E-state index contributed by atoms with van der Waals surface area (Å²) >= 11 is 0. The second kappa shape index (κ2) is 6.93. The molecule has 0 aromatic heterocycles. The molecule has 0 spiro atoms. The maximum atomic E-state index is 9.09. The van der Waals surface area contributed by atoms with E-state index in [4.69, 9.17) is 10.4 Å². The summed E-state index contributed by atoms with van der Waals surface area (Å²) in [5.74, 6) is 0. The van der Waals surface area contributed by atoms with Crippen LogP contribution in [0.1, 0.15) is 30.9 Å². The van der Waals surface area contributed by atoms with E-state index in [0.717, 1.165) is 30.6 Å². The SMILES string of the molecule is CCCCN(CCO)c1ccc(C#N)cc1C. The molecule has 0 saturated heterocycles. The number of nitriles is 1. The zero-order valence-corrected chi connectivity index (χ0v) is 10.6. The molecule has 0 aliphatic rings. The van der Waals surface area contributed by atoms with E-state index < -0.39 is 0 Å². The predicted molar refractivity (Wildman–Crippen MR) is 70.1 cm³/mol. The Morgan fingerprint density at radius 3 is 2.65 bits per heavy atom. The van der Waals surface area contributed by atoms with Crippen molar-refractivity contribution >= 4 is 5.69 Å². The molecule has 3 heteroatoms. The summed E-state index contributed by atoms with van der Waals surface area (Å²) in [4.78, 5) is 2.18. The molecule has 17 heavy (non-hydrogen) atoms. The lowest BCUT2D eigenvalue weighted by Gasteiger charge is -2.25. The van der Waals surface area contributed by atoms with Gasteiger partial charge >= 0.3 is 0 Å². The Bertz CT molecular complexity index is 396. The lowest BCUT2D eigenvalue weighted by atomic mass is 10.1. The van der Waals surface area contributed by atoms with Gasteiger partial charge in [-0.15, -0.1) is 0 Å². The van der Waals surface area contributed by atoms with Gasteiger partial charge < -0.3 is 10.0 Å². The first-order valence-electron chi connectivity index (χ1n) is 6.09. The third-order valence-corrected chi connectivity index (χ3v) is 2.82. The standard InChI is InChI=1S/C14H20N2O/c1-3-4-7-16(8-9-17)14-6-5-13(11-15)10-12(14)2/h5-6,10,17H,3-4,7-9H2,1-2H3. The highest BCUT2D eigenvalue weighted by molar-refractivity contribution is 5.56. The average Bonchev–Trinajstić information content (AvgIpc) is 2.34. The first-order valence-corrected chi connectivity index (χ1v) is 6.09. The maximum absolute atomic E-state index is 9.09. The highest BCUT2D eigenvalue weighted by atomic mass is 16.3. The van der Waals surface area contributed by atoms with Crippen molar-refractivity contribution < 1.29 is 5.11 Å². The number of hydrogen-bond acceptors (Lipinski definition) is 3. The zero-order chi connectivity index (χ0) is 12.7. The molecular weight excluding hydrogens is 212 g/mol. The number of rotatable bonds is 6. The van der Waals surface area contributed by atoms with Crippen molar-refractivity contribution in [3.63, 3.8) is 0 Å². The Balaban J connectivity index is 2.89. The summed E-state index contributed by atoms with van der Waals surface area (Å²) in [7, 11) is 0. The molecule has 0 heterocycles. The van der Waals surface area contributed by atoms with Crippen LogP contribution in [0.5, 0.6) is 0 Å². The van der Waals surface area contributed by atoms with Crippen molar-refractivity contribution in [2.75, 3.05) is 24.6 Å². The van der Waals surface area contributed by atoms with E-state index in [-0.39, 0.29) is 6.61 Å². The van der Waals surface area contributed by atoms with E-state index >= 15 is 0 Å². The fourth-order valence-corrected chi connectivity index (χ4v) is 1.90. The minimum atomic E-state index is 0.156. The van der Waals surface area contributed by atoms with Crippen molar-refractivity contribution in [3.8, 4) is 6.07 Å². The van der Waals surface area contributed by atoms with E-state index in [0.29, 0.717) is 12.1 Å². The number of aliphatic hydroxyl groups is 1. The second-order valence-electron chi connectivity index (χ2n) is 4.18. The molecule has 1 rings (SSSR count). The van der Waals surface area contributed by atoms with E-state index in [9.17, 15) is 0 Å². The third kappa shape index (κ3) is 3.76. The van der Waals surface area contributed by atoms with Crippen LogP contribution in [0, 0.1) is 18.3 Å². The maximum Gasteiger partial charge on any atom is 0.0991 e. The Kier molecular flexibility index (Phi) is 5.51. The molecule has 0 unspecified atom stereocenters. The molecule has 1 aromatic carbocycles. The molecule has 0 fully saturated rings. The highest BCUT2D eigenvalue weighted by Gasteiger charge is 2.08. The minimum Gasteiger partial charge on any atom is -0.395 e. The fourth-order valence-electron chi connectivity index (χ4n) is 1.90. The highest BCUT2D eigenvalue weighted by Crippen LogP contribution is 2.21. The van der Waals surface area contributed by atoms with Crippen molar-refractivity contribution in [2.45, 2.75) is 26.7 Å². The molecule has 0 radical (unpaired) electrons. The summed E-state index contributed by atoms with van der Waals surface area (Å²) in [6.07, 6.45) is 2.25. The van der Waals surface area contributed by atoms with Crippen molar-refractivity contribution in [1.29, 1.82) is 5.26 Å². The Hall–Kier alpha value is -1.53. The van der Waals surface area contributed by atoms with Crippen LogP contribution in [-0.4, -0.2) is 24.8 Å². The zero-order valence-electron chi connectivity index (χ0n) is 10.6. The molecule has 0 aliphatic carbocycles. The van der Waals surface area contributed by atoms with E-state index in [1.54, 1.807) is 0 Å². The average molecular weight is 232 g/mol. The molecule has 1 aromatic rings.